The highest BCUT2D eigenvalue weighted by molar-refractivity contribution is 5.74. The van der Waals surface area contributed by atoms with E-state index in [1.165, 1.54) is 0 Å². The molecular weight excluding hydrogens is 314 g/mol. The van der Waals surface area contributed by atoms with Gasteiger partial charge in [0.05, 0.1) is 12.4 Å². The second-order valence-corrected chi connectivity index (χ2v) is 5.71. The zero-order valence-corrected chi connectivity index (χ0v) is 13.7. The maximum atomic E-state index is 5.91. The van der Waals surface area contributed by atoms with E-state index < -0.39 is 0 Å². The van der Waals surface area contributed by atoms with E-state index in [0.29, 0.717) is 23.1 Å². The molecule has 0 aliphatic heterocycles. The van der Waals surface area contributed by atoms with Gasteiger partial charge in [0.25, 0.3) is 0 Å². The van der Waals surface area contributed by atoms with E-state index in [-0.39, 0.29) is 0 Å². The molecule has 0 unspecified atom stereocenters. The fourth-order valence-corrected chi connectivity index (χ4v) is 2.61. The van der Waals surface area contributed by atoms with Crippen molar-refractivity contribution in [2.75, 3.05) is 11.1 Å². The largest absolute Gasteiger partial charge is 0.439 e. The third-order valence-electron chi connectivity index (χ3n) is 3.90. The number of nitrogens with zero attached hydrogens (tertiary/aromatic N) is 3. The van der Waals surface area contributed by atoms with Gasteiger partial charge in [0.2, 0.25) is 5.88 Å². The lowest BCUT2D eigenvalue weighted by atomic mass is 10.2. The Morgan fingerprint density at radius 3 is 2.80 bits per heavy atom. The molecule has 0 bridgehead atoms. The number of nitrogens with two attached hydrogens (primary N) is 1. The molecule has 2 aromatic carbocycles. The number of ether oxygens (including phenoxy) is 1. The van der Waals surface area contributed by atoms with Crippen LogP contribution in [0.25, 0.3) is 5.52 Å². The first kappa shape index (κ1) is 15.0. The maximum absolute atomic E-state index is 5.91. The fraction of sp³-hybridized carbons (Fsp3) is 0.0526. The van der Waals surface area contributed by atoms with E-state index in [4.69, 9.17) is 10.5 Å². The molecule has 0 fully saturated rings. The summed E-state index contributed by atoms with van der Waals surface area (Å²) in [5.74, 6) is 1.93. The van der Waals surface area contributed by atoms with Crippen LogP contribution < -0.4 is 15.8 Å². The van der Waals surface area contributed by atoms with Crippen molar-refractivity contribution < 1.29 is 4.74 Å². The van der Waals surface area contributed by atoms with E-state index in [1.54, 1.807) is 24.8 Å². The van der Waals surface area contributed by atoms with Crippen molar-refractivity contribution in [3.05, 3.63) is 72.8 Å². The molecule has 4 rings (SSSR count). The number of benzene rings is 2. The van der Waals surface area contributed by atoms with Crippen molar-refractivity contribution in [1.29, 1.82) is 0 Å². The van der Waals surface area contributed by atoms with Crippen LogP contribution in [0.3, 0.4) is 0 Å². The minimum atomic E-state index is 0.563. The van der Waals surface area contributed by atoms with Crippen LogP contribution in [0.15, 0.2) is 67.3 Å². The van der Waals surface area contributed by atoms with Crippen molar-refractivity contribution >= 4 is 22.7 Å². The molecule has 0 aliphatic rings. The number of aryl methyl sites for hydroxylation is 1. The Balaban J connectivity index is 1.70. The van der Waals surface area contributed by atoms with Gasteiger partial charge in [-0.2, -0.15) is 0 Å². The van der Waals surface area contributed by atoms with E-state index >= 15 is 0 Å². The Morgan fingerprint density at radius 2 is 1.96 bits per heavy atom. The van der Waals surface area contributed by atoms with Crippen molar-refractivity contribution in [3.8, 4) is 11.6 Å². The van der Waals surface area contributed by atoms with Crippen LogP contribution in [0.1, 0.15) is 5.56 Å². The molecule has 2 aromatic heterocycles. The smallest absolute Gasteiger partial charge is 0.224 e. The molecule has 0 atom stereocenters. The molecule has 0 saturated heterocycles. The van der Waals surface area contributed by atoms with Crippen LogP contribution in [0.2, 0.25) is 0 Å². The molecule has 6 nitrogen and oxygen atoms in total. The Hall–Kier alpha value is -3.54. The van der Waals surface area contributed by atoms with E-state index in [0.717, 1.165) is 16.8 Å². The van der Waals surface area contributed by atoms with Crippen LogP contribution in [-0.4, -0.2) is 14.4 Å². The Bertz CT molecular complexity index is 1040. The minimum Gasteiger partial charge on any atom is -0.439 e. The van der Waals surface area contributed by atoms with Crippen molar-refractivity contribution in [2.45, 2.75) is 6.92 Å². The molecule has 0 saturated carbocycles. The van der Waals surface area contributed by atoms with Gasteiger partial charge in [-0.3, -0.25) is 4.40 Å². The summed E-state index contributed by atoms with van der Waals surface area (Å²) in [4.78, 5) is 8.73. The molecular formula is C19H17N5O. The summed E-state index contributed by atoms with van der Waals surface area (Å²) in [5.41, 5.74) is 9.41. The number of nitrogen functional groups attached to an aromatic ring is 1. The van der Waals surface area contributed by atoms with Crippen molar-refractivity contribution in [3.63, 3.8) is 0 Å². The number of para-hydroxylation sites is 1. The molecule has 0 aliphatic carbocycles. The molecule has 6 heteroatoms. The zero-order valence-electron chi connectivity index (χ0n) is 13.7. The standard InChI is InChI=1S/C19H17N5O/c1-13-5-2-3-8-16(13)23-19-17-10-21-12-24(17)18(11-22-19)25-15-7-4-6-14(20)9-15/h2-12H,20H2,1H3,(H,22,23). The lowest BCUT2D eigenvalue weighted by molar-refractivity contribution is 0.454. The maximum Gasteiger partial charge on any atom is 0.224 e. The Labute approximate surface area is 144 Å². The SMILES string of the molecule is Cc1ccccc1Nc1ncc(Oc2cccc(N)c2)n2cncc12. The fourth-order valence-electron chi connectivity index (χ4n) is 2.61. The number of hydrogen-bond acceptors (Lipinski definition) is 5. The predicted molar refractivity (Wildman–Crippen MR) is 98.4 cm³/mol. The highest BCUT2D eigenvalue weighted by atomic mass is 16.5. The summed E-state index contributed by atoms with van der Waals surface area (Å²) in [6, 6.07) is 15.3. The van der Waals surface area contributed by atoms with Gasteiger partial charge >= 0.3 is 0 Å². The summed E-state index contributed by atoms with van der Waals surface area (Å²) >= 11 is 0. The summed E-state index contributed by atoms with van der Waals surface area (Å²) in [6.07, 6.45) is 5.11. The summed E-state index contributed by atoms with van der Waals surface area (Å²) in [7, 11) is 0. The first-order chi connectivity index (χ1) is 12.2. The number of aromatic nitrogens is 3. The molecule has 124 valence electrons. The van der Waals surface area contributed by atoms with Gasteiger partial charge < -0.3 is 15.8 Å². The second-order valence-electron chi connectivity index (χ2n) is 5.71. The van der Waals surface area contributed by atoms with Gasteiger partial charge in [0.1, 0.15) is 17.6 Å². The van der Waals surface area contributed by atoms with E-state index in [1.807, 2.05) is 53.8 Å². The van der Waals surface area contributed by atoms with Crippen molar-refractivity contribution in [2.24, 2.45) is 0 Å². The average molecular weight is 331 g/mol. The highest BCUT2D eigenvalue weighted by Gasteiger charge is 2.10. The van der Waals surface area contributed by atoms with Crippen LogP contribution in [-0.2, 0) is 0 Å². The lowest BCUT2D eigenvalue weighted by Crippen LogP contribution is -2.01. The quantitative estimate of drug-likeness (QED) is 0.549. The topological polar surface area (TPSA) is 77.5 Å². The monoisotopic (exact) mass is 331 g/mol. The first-order valence-corrected chi connectivity index (χ1v) is 7.88. The molecule has 25 heavy (non-hydrogen) atoms. The third kappa shape index (κ3) is 2.97. The molecule has 0 amide bonds. The lowest BCUT2D eigenvalue weighted by Gasteiger charge is -2.13. The number of hydrogen-bond donors (Lipinski definition) is 2. The van der Waals surface area contributed by atoms with Gasteiger partial charge in [-0.1, -0.05) is 24.3 Å². The summed E-state index contributed by atoms with van der Waals surface area (Å²) in [5, 5.41) is 3.35. The van der Waals surface area contributed by atoms with Crippen LogP contribution in [0, 0.1) is 6.92 Å². The van der Waals surface area contributed by atoms with Crippen LogP contribution >= 0.6 is 0 Å². The summed E-state index contributed by atoms with van der Waals surface area (Å²) < 4.78 is 7.76. The molecule has 2 heterocycles. The summed E-state index contributed by atoms with van der Waals surface area (Å²) in [6.45, 7) is 2.05. The predicted octanol–water partition coefficient (Wildman–Crippen LogP) is 4.16. The first-order valence-electron chi connectivity index (χ1n) is 7.88. The Kier molecular flexibility index (Phi) is 3.70. The third-order valence-corrected chi connectivity index (χ3v) is 3.90. The zero-order chi connectivity index (χ0) is 17.2. The number of fused-ring (bicyclic) bond motifs is 1. The van der Waals surface area contributed by atoms with Crippen molar-refractivity contribution in [1.82, 2.24) is 14.4 Å². The molecule has 0 spiro atoms. The van der Waals surface area contributed by atoms with E-state index in [2.05, 4.69) is 15.3 Å². The number of anilines is 3. The van der Waals surface area contributed by atoms with Gasteiger partial charge in [0.15, 0.2) is 5.82 Å². The van der Waals surface area contributed by atoms with Crippen LogP contribution in [0.5, 0.6) is 11.6 Å². The van der Waals surface area contributed by atoms with Gasteiger partial charge in [-0.15, -0.1) is 0 Å². The average Bonchev–Trinajstić information content (AvgIpc) is 3.09. The highest BCUT2D eigenvalue weighted by Crippen LogP contribution is 2.28. The van der Waals surface area contributed by atoms with E-state index in [9.17, 15) is 0 Å². The van der Waals surface area contributed by atoms with Gasteiger partial charge in [0, 0.05) is 17.4 Å². The second kappa shape index (κ2) is 6.16. The molecule has 4 aromatic rings. The normalized spacial score (nSPS) is 10.8. The Morgan fingerprint density at radius 1 is 1.08 bits per heavy atom. The number of nitrogens with one attached hydrogen (secondary N) is 1. The number of rotatable bonds is 4. The number of imidazole rings is 1. The van der Waals surface area contributed by atoms with Crippen LogP contribution in [0.4, 0.5) is 17.2 Å². The molecule has 0 radical (unpaired) electrons. The van der Waals surface area contributed by atoms with Gasteiger partial charge in [-0.05, 0) is 30.7 Å². The minimum absolute atomic E-state index is 0.563. The van der Waals surface area contributed by atoms with Gasteiger partial charge in [-0.25, -0.2) is 9.97 Å². The molecule has 3 N–H and O–H groups in total.